The Morgan fingerprint density at radius 2 is 1.96 bits per heavy atom. The fourth-order valence-electron chi connectivity index (χ4n) is 3.80. The van der Waals surface area contributed by atoms with E-state index in [1.165, 1.54) is 6.07 Å². The summed E-state index contributed by atoms with van der Waals surface area (Å²) in [6.45, 7) is 1.71. The van der Waals surface area contributed by atoms with Crippen LogP contribution in [0.5, 0.6) is 0 Å². The van der Waals surface area contributed by atoms with E-state index in [2.05, 4.69) is 9.97 Å². The Balaban J connectivity index is 1.75. The van der Waals surface area contributed by atoms with Crippen LogP contribution in [0.25, 0.3) is 16.6 Å². The molecule has 136 valence electrons. The molecule has 4 rings (SSSR count). The molecule has 0 aliphatic heterocycles. The van der Waals surface area contributed by atoms with Crippen LogP contribution in [0.15, 0.2) is 54.9 Å². The van der Waals surface area contributed by atoms with Crippen molar-refractivity contribution in [1.82, 2.24) is 15.4 Å². The lowest BCUT2D eigenvalue weighted by molar-refractivity contribution is -0.132. The van der Waals surface area contributed by atoms with Crippen molar-refractivity contribution in [2.75, 3.05) is 0 Å². The van der Waals surface area contributed by atoms with Gasteiger partial charge < -0.3 is 0 Å². The second-order valence-electron chi connectivity index (χ2n) is 6.72. The molecular formula is C21H18FN3O2. The number of rotatable bonds is 3. The first-order valence-electron chi connectivity index (χ1n) is 8.69. The van der Waals surface area contributed by atoms with Gasteiger partial charge in [0, 0.05) is 18.3 Å². The first-order valence-corrected chi connectivity index (χ1v) is 8.69. The van der Waals surface area contributed by atoms with Gasteiger partial charge in [0.15, 0.2) is 0 Å². The molecule has 1 aliphatic carbocycles. The number of amides is 1. The lowest BCUT2D eigenvalue weighted by Gasteiger charge is -2.20. The molecule has 0 bridgehead atoms. The van der Waals surface area contributed by atoms with Crippen molar-refractivity contribution in [3.63, 3.8) is 0 Å². The highest BCUT2D eigenvalue weighted by molar-refractivity contribution is 5.88. The topological polar surface area (TPSA) is 75.1 Å². The Bertz CT molecular complexity index is 1060. The van der Waals surface area contributed by atoms with Gasteiger partial charge in [-0.05, 0) is 53.8 Å². The smallest absolute Gasteiger partial charge is 0.250 e. The largest absolute Gasteiger partial charge is 0.289 e. The summed E-state index contributed by atoms with van der Waals surface area (Å²) in [5, 5.41) is 9.16. The third-order valence-electron chi connectivity index (χ3n) is 5.22. The highest BCUT2D eigenvalue weighted by Crippen LogP contribution is 2.44. The second kappa shape index (κ2) is 6.89. The number of hydrogen-bond acceptors (Lipinski definition) is 4. The number of aromatic nitrogens is 2. The lowest BCUT2D eigenvalue weighted by Crippen LogP contribution is -2.29. The molecule has 2 atom stereocenters. The van der Waals surface area contributed by atoms with Crippen LogP contribution in [0.2, 0.25) is 0 Å². The van der Waals surface area contributed by atoms with Gasteiger partial charge >= 0.3 is 0 Å². The molecule has 0 spiro atoms. The Morgan fingerprint density at radius 3 is 2.74 bits per heavy atom. The van der Waals surface area contributed by atoms with Gasteiger partial charge in [-0.15, -0.1) is 0 Å². The van der Waals surface area contributed by atoms with Gasteiger partial charge in [0.1, 0.15) is 5.82 Å². The predicted octanol–water partition coefficient (Wildman–Crippen LogP) is 3.77. The van der Waals surface area contributed by atoms with Gasteiger partial charge in [-0.1, -0.05) is 24.3 Å². The van der Waals surface area contributed by atoms with Crippen LogP contribution < -0.4 is 5.48 Å². The first kappa shape index (κ1) is 17.3. The number of carbonyl (C=O) groups is 1. The number of fused-ring (bicyclic) bond motifs is 1. The maximum Gasteiger partial charge on any atom is 0.250 e. The van der Waals surface area contributed by atoms with Gasteiger partial charge in [0.25, 0.3) is 5.91 Å². The number of halogens is 1. The lowest BCUT2D eigenvalue weighted by atomic mass is 9.84. The summed E-state index contributed by atoms with van der Waals surface area (Å²) in [6.07, 6.45) is 5.68. The number of carbonyl (C=O) groups excluding carboxylic acids is 1. The number of nitrogens with one attached hydrogen (secondary N) is 1. The average molecular weight is 363 g/mol. The summed E-state index contributed by atoms with van der Waals surface area (Å²) in [4.78, 5) is 20.9. The number of allylic oxidation sites excluding steroid dienone is 1. The van der Waals surface area contributed by atoms with Crippen molar-refractivity contribution < 1.29 is 14.4 Å². The minimum atomic E-state index is -0.581. The summed E-state index contributed by atoms with van der Waals surface area (Å²) in [5.41, 5.74) is 6.51. The summed E-state index contributed by atoms with van der Waals surface area (Å²) in [6, 6.07) is 10.7. The molecule has 27 heavy (non-hydrogen) atoms. The summed E-state index contributed by atoms with van der Waals surface area (Å²) in [7, 11) is 0. The monoisotopic (exact) mass is 363 g/mol. The van der Waals surface area contributed by atoms with E-state index in [0.29, 0.717) is 12.0 Å². The van der Waals surface area contributed by atoms with Crippen molar-refractivity contribution in [2.24, 2.45) is 5.92 Å². The van der Waals surface area contributed by atoms with E-state index in [-0.39, 0.29) is 11.7 Å². The number of hydrogen-bond donors (Lipinski definition) is 2. The third kappa shape index (κ3) is 3.08. The molecule has 1 amide bonds. The molecule has 1 aromatic heterocycles. The normalized spacial score (nSPS) is 19.1. The molecular weight excluding hydrogens is 345 g/mol. The van der Waals surface area contributed by atoms with Crippen LogP contribution in [-0.2, 0) is 4.79 Å². The Morgan fingerprint density at radius 1 is 1.19 bits per heavy atom. The minimum absolute atomic E-state index is 0.250. The summed E-state index contributed by atoms with van der Waals surface area (Å²) >= 11 is 0. The second-order valence-corrected chi connectivity index (χ2v) is 6.72. The predicted molar refractivity (Wildman–Crippen MR) is 99.4 cm³/mol. The Labute approximate surface area is 155 Å². The summed E-state index contributed by atoms with van der Waals surface area (Å²) in [5.74, 6) is -1.63. The maximum absolute atomic E-state index is 14.1. The molecule has 0 saturated carbocycles. The molecule has 0 fully saturated rings. The van der Waals surface area contributed by atoms with E-state index >= 15 is 0 Å². The van der Waals surface area contributed by atoms with Crippen LogP contribution in [-0.4, -0.2) is 21.1 Å². The Kier molecular flexibility index (Phi) is 4.41. The van der Waals surface area contributed by atoms with E-state index in [1.54, 1.807) is 30.9 Å². The van der Waals surface area contributed by atoms with Crippen LogP contribution in [0, 0.1) is 18.7 Å². The van der Waals surface area contributed by atoms with E-state index in [0.717, 1.165) is 27.7 Å². The van der Waals surface area contributed by atoms with Gasteiger partial charge in [0.2, 0.25) is 0 Å². The maximum atomic E-state index is 14.1. The molecule has 1 aliphatic rings. The van der Waals surface area contributed by atoms with E-state index in [9.17, 15) is 9.18 Å². The van der Waals surface area contributed by atoms with Crippen LogP contribution in [0.3, 0.4) is 0 Å². The molecule has 1 heterocycles. The van der Waals surface area contributed by atoms with Crippen LogP contribution in [0.4, 0.5) is 4.39 Å². The molecule has 2 aromatic carbocycles. The van der Waals surface area contributed by atoms with Crippen LogP contribution in [0.1, 0.15) is 29.0 Å². The number of benzene rings is 2. The van der Waals surface area contributed by atoms with Gasteiger partial charge in [-0.3, -0.25) is 20.0 Å². The minimum Gasteiger partial charge on any atom is -0.289 e. The molecule has 5 nitrogen and oxygen atoms in total. The fraction of sp³-hybridized carbons (Fsp3) is 0.190. The molecule has 3 aromatic rings. The first-order chi connectivity index (χ1) is 13.1. The van der Waals surface area contributed by atoms with Crippen molar-refractivity contribution in [3.05, 3.63) is 77.4 Å². The Hall–Kier alpha value is -3.12. The highest BCUT2D eigenvalue weighted by Gasteiger charge is 2.35. The van der Waals surface area contributed by atoms with E-state index < -0.39 is 11.8 Å². The van der Waals surface area contributed by atoms with Crippen molar-refractivity contribution in [3.8, 4) is 0 Å². The molecule has 2 N–H and O–H groups in total. The standard InChI is InChI=1S/C21H18FN3O2/c1-12-15(3-2-4-18(12)22)16-9-14(10-17(16)21(26)25-27)13-5-6-19-20(11-13)24-8-7-23-19/h2-8,10-11,16-17,27H,9H2,1H3,(H,25,26). The van der Waals surface area contributed by atoms with Crippen molar-refractivity contribution in [2.45, 2.75) is 19.3 Å². The van der Waals surface area contributed by atoms with E-state index in [4.69, 9.17) is 5.21 Å². The van der Waals surface area contributed by atoms with E-state index in [1.807, 2.05) is 30.3 Å². The molecule has 0 radical (unpaired) electrons. The van der Waals surface area contributed by atoms with Crippen molar-refractivity contribution in [1.29, 1.82) is 0 Å². The highest BCUT2D eigenvalue weighted by atomic mass is 19.1. The third-order valence-corrected chi connectivity index (χ3v) is 5.22. The van der Waals surface area contributed by atoms with Gasteiger partial charge in [-0.2, -0.15) is 0 Å². The van der Waals surface area contributed by atoms with Crippen LogP contribution >= 0.6 is 0 Å². The van der Waals surface area contributed by atoms with Gasteiger partial charge in [0.05, 0.1) is 17.0 Å². The number of nitrogens with zero attached hydrogens (tertiary/aromatic N) is 2. The quantitative estimate of drug-likeness (QED) is 0.549. The molecule has 2 unspecified atom stereocenters. The zero-order valence-corrected chi connectivity index (χ0v) is 14.7. The zero-order valence-electron chi connectivity index (χ0n) is 14.7. The summed E-state index contributed by atoms with van der Waals surface area (Å²) < 4.78 is 14.1. The number of hydroxylamine groups is 1. The average Bonchev–Trinajstić information content (AvgIpc) is 3.14. The molecule has 6 heteroatoms. The zero-order chi connectivity index (χ0) is 19.0. The molecule has 0 saturated heterocycles. The van der Waals surface area contributed by atoms with Crippen molar-refractivity contribution >= 4 is 22.5 Å². The van der Waals surface area contributed by atoms with Gasteiger partial charge in [-0.25, -0.2) is 9.87 Å². The SMILES string of the molecule is Cc1c(F)cccc1C1CC(c2ccc3nccnc3c2)=CC1C(=O)NO. The fourth-order valence-corrected chi connectivity index (χ4v) is 3.80.